The Morgan fingerprint density at radius 3 is 2.43 bits per heavy atom. The van der Waals surface area contributed by atoms with Crippen LogP contribution in [0.5, 0.6) is 5.75 Å². The standard InChI is InChI=1S/C18H25BrN2O2/c1-18(2,3)13-4-8-15(9-5-13)20-21-17(22)12-23-16-10-6-14(19)7-11-16/h6-7,10-11,13H,4-5,8-9,12H2,1-3H3,(H,21,22). The third kappa shape index (κ3) is 5.98. The topological polar surface area (TPSA) is 50.7 Å². The van der Waals surface area contributed by atoms with Crippen molar-refractivity contribution in [3.05, 3.63) is 28.7 Å². The van der Waals surface area contributed by atoms with Crippen molar-refractivity contribution in [3.63, 3.8) is 0 Å². The molecule has 1 N–H and O–H groups in total. The second kappa shape index (κ2) is 7.95. The van der Waals surface area contributed by atoms with Crippen LogP contribution in [0, 0.1) is 11.3 Å². The molecule has 0 atom stereocenters. The quantitative estimate of drug-likeness (QED) is 0.779. The SMILES string of the molecule is CC(C)(C)C1CCC(=NNC(=O)COc2ccc(Br)cc2)CC1. The van der Waals surface area contributed by atoms with E-state index < -0.39 is 0 Å². The number of amides is 1. The first kappa shape index (κ1) is 18.0. The summed E-state index contributed by atoms with van der Waals surface area (Å²) < 4.78 is 6.40. The summed E-state index contributed by atoms with van der Waals surface area (Å²) >= 11 is 3.36. The van der Waals surface area contributed by atoms with Gasteiger partial charge in [0, 0.05) is 10.2 Å². The van der Waals surface area contributed by atoms with Crippen molar-refractivity contribution < 1.29 is 9.53 Å². The van der Waals surface area contributed by atoms with E-state index >= 15 is 0 Å². The van der Waals surface area contributed by atoms with Crippen molar-refractivity contribution in [2.24, 2.45) is 16.4 Å². The molecule has 0 radical (unpaired) electrons. The number of ether oxygens (including phenoxy) is 1. The molecule has 0 spiro atoms. The van der Waals surface area contributed by atoms with E-state index in [0.717, 1.165) is 41.8 Å². The number of carbonyl (C=O) groups excluding carboxylic acids is 1. The molecule has 0 aromatic heterocycles. The second-order valence-electron chi connectivity index (χ2n) is 7.10. The van der Waals surface area contributed by atoms with Crippen LogP contribution in [0.1, 0.15) is 46.5 Å². The van der Waals surface area contributed by atoms with Crippen LogP contribution in [-0.2, 0) is 4.79 Å². The van der Waals surface area contributed by atoms with Gasteiger partial charge in [0.05, 0.1) is 0 Å². The number of carbonyl (C=O) groups is 1. The number of halogens is 1. The molecule has 1 aromatic carbocycles. The van der Waals surface area contributed by atoms with E-state index in [4.69, 9.17) is 4.74 Å². The van der Waals surface area contributed by atoms with Gasteiger partial charge < -0.3 is 4.74 Å². The Morgan fingerprint density at radius 1 is 1.26 bits per heavy atom. The molecule has 1 aliphatic carbocycles. The molecule has 0 aliphatic heterocycles. The molecular formula is C18H25BrN2O2. The van der Waals surface area contributed by atoms with Gasteiger partial charge in [-0.25, -0.2) is 5.43 Å². The normalized spacial score (nSPS) is 18.4. The van der Waals surface area contributed by atoms with Gasteiger partial charge in [-0.1, -0.05) is 36.7 Å². The lowest BCUT2D eigenvalue weighted by Gasteiger charge is -2.34. The Bertz CT molecular complexity index is 551. The minimum absolute atomic E-state index is 0.0248. The first-order valence-electron chi connectivity index (χ1n) is 8.07. The number of nitrogens with one attached hydrogen (secondary N) is 1. The molecule has 4 nitrogen and oxygen atoms in total. The van der Waals surface area contributed by atoms with Crippen molar-refractivity contribution in [1.29, 1.82) is 0 Å². The molecule has 2 rings (SSSR count). The maximum absolute atomic E-state index is 11.8. The predicted octanol–water partition coefficient (Wildman–Crippen LogP) is 4.54. The van der Waals surface area contributed by atoms with E-state index in [9.17, 15) is 4.79 Å². The van der Waals surface area contributed by atoms with Gasteiger partial charge in [0.15, 0.2) is 6.61 Å². The molecule has 0 saturated heterocycles. The number of hydrogen-bond acceptors (Lipinski definition) is 3. The number of nitrogens with zero attached hydrogens (tertiary/aromatic N) is 1. The molecule has 0 heterocycles. The fraction of sp³-hybridized carbons (Fsp3) is 0.556. The molecule has 1 saturated carbocycles. The van der Waals surface area contributed by atoms with Crippen LogP contribution in [0.2, 0.25) is 0 Å². The monoisotopic (exact) mass is 380 g/mol. The van der Waals surface area contributed by atoms with Gasteiger partial charge >= 0.3 is 0 Å². The van der Waals surface area contributed by atoms with Crippen LogP contribution in [0.25, 0.3) is 0 Å². The van der Waals surface area contributed by atoms with Gasteiger partial charge in [-0.05, 0) is 61.3 Å². The summed E-state index contributed by atoms with van der Waals surface area (Å²) in [6.07, 6.45) is 4.23. The molecule has 0 bridgehead atoms. The van der Waals surface area contributed by atoms with E-state index in [0.29, 0.717) is 11.2 Å². The predicted molar refractivity (Wildman–Crippen MR) is 96.6 cm³/mol. The van der Waals surface area contributed by atoms with E-state index in [1.54, 1.807) is 0 Å². The molecule has 1 aliphatic rings. The zero-order valence-electron chi connectivity index (χ0n) is 14.1. The Morgan fingerprint density at radius 2 is 1.87 bits per heavy atom. The molecule has 1 fully saturated rings. The summed E-state index contributed by atoms with van der Waals surface area (Å²) in [4.78, 5) is 11.8. The summed E-state index contributed by atoms with van der Waals surface area (Å²) in [6.45, 7) is 6.85. The third-order valence-electron chi connectivity index (χ3n) is 4.31. The second-order valence-corrected chi connectivity index (χ2v) is 8.01. The average Bonchev–Trinajstić information content (AvgIpc) is 2.52. The van der Waals surface area contributed by atoms with Gasteiger partial charge in [-0.15, -0.1) is 0 Å². The number of hydrogen-bond donors (Lipinski definition) is 1. The van der Waals surface area contributed by atoms with Crippen LogP contribution in [0.3, 0.4) is 0 Å². The van der Waals surface area contributed by atoms with Crippen LogP contribution >= 0.6 is 15.9 Å². The summed E-state index contributed by atoms with van der Waals surface area (Å²) in [7, 11) is 0. The molecule has 0 unspecified atom stereocenters. The van der Waals surface area contributed by atoms with E-state index in [1.165, 1.54) is 0 Å². The highest BCUT2D eigenvalue weighted by atomic mass is 79.9. The highest BCUT2D eigenvalue weighted by Crippen LogP contribution is 2.36. The highest BCUT2D eigenvalue weighted by Gasteiger charge is 2.28. The van der Waals surface area contributed by atoms with Gasteiger partial charge in [0.2, 0.25) is 0 Å². The first-order chi connectivity index (χ1) is 10.8. The van der Waals surface area contributed by atoms with Crippen LogP contribution < -0.4 is 10.2 Å². The van der Waals surface area contributed by atoms with Crippen LogP contribution in [-0.4, -0.2) is 18.2 Å². The van der Waals surface area contributed by atoms with Crippen molar-refractivity contribution in [2.75, 3.05) is 6.61 Å². The van der Waals surface area contributed by atoms with Crippen molar-refractivity contribution in [2.45, 2.75) is 46.5 Å². The molecular weight excluding hydrogens is 356 g/mol. The average molecular weight is 381 g/mol. The summed E-state index contributed by atoms with van der Waals surface area (Å²) in [5.41, 5.74) is 4.04. The fourth-order valence-electron chi connectivity index (χ4n) is 2.78. The van der Waals surface area contributed by atoms with Gasteiger partial charge in [-0.3, -0.25) is 4.79 Å². The zero-order chi connectivity index (χ0) is 16.9. The Labute approximate surface area is 146 Å². The van der Waals surface area contributed by atoms with Crippen molar-refractivity contribution in [3.8, 4) is 5.75 Å². The first-order valence-corrected chi connectivity index (χ1v) is 8.86. The van der Waals surface area contributed by atoms with Crippen LogP contribution in [0.4, 0.5) is 0 Å². The minimum atomic E-state index is -0.224. The summed E-state index contributed by atoms with van der Waals surface area (Å²) in [5.74, 6) is 1.18. The Kier molecular flexibility index (Phi) is 6.22. The van der Waals surface area contributed by atoms with Crippen LogP contribution in [0.15, 0.2) is 33.8 Å². The van der Waals surface area contributed by atoms with E-state index in [-0.39, 0.29) is 12.5 Å². The molecule has 23 heavy (non-hydrogen) atoms. The molecule has 1 amide bonds. The maximum Gasteiger partial charge on any atom is 0.277 e. The van der Waals surface area contributed by atoms with Crippen molar-refractivity contribution >= 4 is 27.5 Å². The maximum atomic E-state index is 11.8. The smallest absolute Gasteiger partial charge is 0.277 e. The zero-order valence-corrected chi connectivity index (χ0v) is 15.6. The Hall–Kier alpha value is -1.36. The largest absolute Gasteiger partial charge is 0.484 e. The molecule has 126 valence electrons. The minimum Gasteiger partial charge on any atom is -0.484 e. The van der Waals surface area contributed by atoms with E-state index in [1.807, 2.05) is 24.3 Å². The summed E-state index contributed by atoms with van der Waals surface area (Å²) in [6, 6.07) is 7.39. The lowest BCUT2D eigenvalue weighted by Crippen LogP contribution is -2.29. The third-order valence-corrected chi connectivity index (χ3v) is 4.84. The molecule has 1 aromatic rings. The Balaban J connectivity index is 1.73. The lowest BCUT2D eigenvalue weighted by atomic mass is 9.72. The molecule has 5 heteroatoms. The lowest BCUT2D eigenvalue weighted by molar-refractivity contribution is -0.123. The van der Waals surface area contributed by atoms with Crippen molar-refractivity contribution in [1.82, 2.24) is 5.43 Å². The highest BCUT2D eigenvalue weighted by molar-refractivity contribution is 9.10. The van der Waals surface area contributed by atoms with Gasteiger partial charge in [0.25, 0.3) is 5.91 Å². The summed E-state index contributed by atoms with van der Waals surface area (Å²) in [5, 5.41) is 4.26. The fourth-order valence-corrected chi connectivity index (χ4v) is 3.05. The van der Waals surface area contributed by atoms with Gasteiger partial charge in [-0.2, -0.15) is 5.10 Å². The van der Waals surface area contributed by atoms with Gasteiger partial charge in [0.1, 0.15) is 5.75 Å². The number of rotatable bonds is 4. The van der Waals surface area contributed by atoms with E-state index in [2.05, 4.69) is 47.2 Å². The number of hydrazone groups is 1. The number of benzene rings is 1.